The van der Waals surface area contributed by atoms with Gasteiger partial charge in [-0.05, 0) is 25.2 Å². The fourth-order valence-electron chi connectivity index (χ4n) is 4.15. The molecule has 0 saturated carbocycles. The van der Waals surface area contributed by atoms with E-state index >= 15 is 0 Å². The number of carbonyl (C=O) groups excluding carboxylic acids is 1. The molecular formula is C22H36N6O3S. The van der Waals surface area contributed by atoms with Crippen molar-refractivity contribution in [2.75, 3.05) is 44.3 Å². The first-order chi connectivity index (χ1) is 15.2. The minimum Gasteiger partial charge on any atom is -0.370 e. The van der Waals surface area contributed by atoms with Crippen LogP contribution in [0, 0.1) is 5.92 Å². The lowest BCUT2D eigenvalue weighted by molar-refractivity contribution is -0.132. The van der Waals surface area contributed by atoms with E-state index in [1.165, 1.54) is 10.6 Å². The summed E-state index contributed by atoms with van der Waals surface area (Å²) in [6.07, 6.45) is 10.4. The molecule has 1 aliphatic rings. The van der Waals surface area contributed by atoms with Crippen LogP contribution >= 0.6 is 0 Å². The van der Waals surface area contributed by atoms with Crippen molar-refractivity contribution in [1.29, 1.82) is 0 Å². The molecule has 0 radical (unpaired) electrons. The largest absolute Gasteiger partial charge is 0.370 e. The van der Waals surface area contributed by atoms with E-state index in [1.807, 2.05) is 24.4 Å². The second-order valence-electron chi connectivity index (χ2n) is 9.03. The number of piperidine rings is 1. The summed E-state index contributed by atoms with van der Waals surface area (Å²) in [6.45, 7) is 8.41. The molecule has 2 aromatic rings. The number of amides is 1. The SMILES string of the molecule is CCCCNc1c(C2CCN(C(=O)CN(CC(C)C)S(C)(=O)=O)CC2)nc2cnccn12. The van der Waals surface area contributed by atoms with Gasteiger partial charge in [0.15, 0.2) is 5.65 Å². The minimum atomic E-state index is -3.42. The maximum Gasteiger partial charge on any atom is 0.237 e. The van der Waals surface area contributed by atoms with E-state index < -0.39 is 10.0 Å². The predicted octanol–water partition coefficient (Wildman–Crippen LogP) is 2.56. The van der Waals surface area contributed by atoms with Gasteiger partial charge >= 0.3 is 0 Å². The number of anilines is 1. The smallest absolute Gasteiger partial charge is 0.237 e. The molecule has 0 atom stereocenters. The Kier molecular flexibility index (Phi) is 8.10. The van der Waals surface area contributed by atoms with Crippen LogP contribution in [0.15, 0.2) is 18.6 Å². The fraction of sp³-hybridized carbons (Fsp3) is 0.682. The van der Waals surface area contributed by atoms with E-state index in [2.05, 4.69) is 17.2 Å². The molecule has 1 aliphatic heterocycles. The van der Waals surface area contributed by atoms with Gasteiger partial charge in [0.2, 0.25) is 15.9 Å². The minimum absolute atomic E-state index is 0.0917. The molecule has 3 heterocycles. The molecule has 10 heteroatoms. The molecule has 32 heavy (non-hydrogen) atoms. The molecule has 9 nitrogen and oxygen atoms in total. The van der Waals surface area contributed by atoms with Gasteiger partial charge in [0.25, 0.3) is 0 Å². The van der Waals surface area contributed by atoms with Crippen LogP contribution in [0.5, 0.6) is 0 Å². The first kappa shape index (κ1) is 24.4. The second-order valence-corrected chi connectivity index (χ2v) is 11.0. The van der Waals surface area contributed by atoms with Gasteiger partial charge in [0.05, 0.1) is 24.7 Å². The van der Waals surface area contributed by atoms with Crippen molar-refractivity contribution in [3.63, 3.8) is 0 Å². The van der Waals surface area contributed by atoms with E-state index in [-0.39, 0.29) is 24.3 Å². The lowest BCUT2D eigenvalue weighted by Crippen LogP contribution is -2.46. The third-order valence-corrected chi connectivity index (χ3v) is 7.08. The predicted molar refractivity (Wildman–Crippen MR) is 126 cm³/mol. The maximum absolute atomic E-state index is 12.8. The number of fused-ring (bicyclic) bond motifs is 1. The van der Waals surface area contributed by atoms with Crippen LogP contribution in [0.1, 0.15) is 58.1 Å². The maximum atomic E-state index is 12.8. The highest BCUT2D eigenvalue weighted by molar-refractivity contribution is 7.88. The molecule has 1 fully saturated rings. The summed E-state index contributed by atoms with van der Waals surface area (Å²) in [5, 5.41) is 3.55. The quantitative estimate of drug-likeness (QED) is 0.543. The highest BCUT2D eigenvalue weighted by Gasteiger charge is 2.30. The molecule has 0 bridgehead atoms. The monoisotopic (exact) mass is 464 g/mol. The third-order valence-electron chi connectivity index (χ3n) is 5.86. The van der Waals surface area contributed by atoms with E-state index in [1.54, 1.807) is 17.3 Å². The van der Waals surface area contributed by atoms with E-state index in [4.69, 9.17) is 4.98 Å². The number of carbonyl (C=O) groups is 1. The summed E-state index contributed by atoms with van der Waals surface area (Å²) in [5.41, 5.74) is 1.84. The molecule has 3 rings (SSSR count). The van der Waals surface area contributed by atoms with Gasteiger partial charge in [-0.25, -0.2) is 13.4 Å². The Hall–Kier alpha value is -2.20. The first-order valence-corrected chi connectivity index (χ1v) is 13.3. The van der Waals surface area contributed by atoms with Crippen LogP contribution in [-0.4, -0.2) is 76.9 Å². The lowest BCUT2D eigenvalue weighted by atomic mass is 9.93. The van der Waals surface area contributed by atoms with Crippen molar-refractivity contribution in [3.05, 3.63) is 24.3 Å². The van der Waals surface area contributed by atoms with Crippen molar-refractivity contribution < 1.29 is 13.2 Å². The van der Waals surface area contributed by atoms with Crippen LogP contribution in [0.3, 0.4) is 0 Å². The summed E-state index contributed by atoms with van der Waals surface area (Å²) < 4.78 is 27.5. The molecular weight excluding hydrogens is 428 g/mol. The van der Waals surface area contributed by atoms with Crippen LogP contribution in [0.2, 0.25) is 0 Å². The number of hydrogen-bond donors (Lipinski definition) is 1. The van der Waals surface area contributed by atoms with Crippen LogP contribution < -0.4 is 5.32 Å². The van der Waals surface area contributed by atoms with Crippen LogP contribution in [-0.2, 0) is 14.8 Å². The number of nitrogens with one attached hydrogen (secondary N) is 1. The Morgan fingerprint density at radius 2 is 2.03 bits per heavy atom. The van der Waals surface area contributed by atoms with Gasteiger partial charge in [-0.1, -0.05) is 27.2 Å². The van der Waals surface area contributed by atoms with Crippen molar-refractivity contribution in [1.82, 2.24) is 23.6 Å². The number of likely N-dealkylation sites (tertiary alicyclic amines) is 1. The highest BCUT2D eigenvalue weighted by atomic mass is 32.2. The summed E-state index contributed by atoms with van der Waals surface area (Å²) in [4.78, 5) is 23.7. The standard InChI is InChI=1S/C22H36N6O3S/c1-5-6-9-24-22-21(25-19-14-23-10-13-28(19)22)18-7-11-26(12-8-18)20(29)16-27(15-17(2)3)32(4,30)31/h10,13-14,17-18,24H,5-9,11-12,15-16H2,1-4H3. The Labute approximate surface area is 191 Å². The van der Waals surface area contributed by atoms with Crippen molar-refractivity contribution in [2.24, 2.45) is 5.92 Å². The van der Waals surface area contributed by atoms with Gasteiger partial charge in [-0.3, -0.25) is 14.2 Å². The fourth-order valence-corrected chi connectivity index (χ4v) is 5.06. The Bertz CT molecular complexity index is 1010. The zero-order valence-electron chi connectivity index (χ0n) is 19.6. The molecule has 0 spiro atoms. The number of rotatable bonds is 10. The van der Waals surface area contributed by atoms with Gasteiger partial charge in [0.1, 0.15) is 5.82 Å². The molecule has 1 amide bonds. The zero-order chi connectivity index (χ0) is 23.3. The topological polar surface area (TPSA) is 99.9 Å². The number of unbranched alkanes of at least 4 members (excludes halogenated alkanes) is 1. The molecule has 0 unspecified atom stereocenters. The summed E-state index contributed by atoms with van der Waals surface area (Å²) in [7, 11) is -3.42. The van der Waals surface area contributed by atoms with Gasteiger partial charge in [0, 0.05) is 44.5 Å². The van der Waals surface area contributed by atoms with Crippen molar-refractivity contribution >= 4 is 27.4 Å². The number of sulfonamides is 1. The molecule has 2 aromatic heterocycles. The number of aromatic nitrogens is 3. The molecule has 1 N–H and O–H groups in total. The molecule has 178 valence electrons. The summed E-state index contributed by atoms with van der Waals surface area (Å²) >= 11 is 0. The Morgan fingerprint density at radius 1 is 1.31 bits per heavy atom. The summed E-state index contributed by atoms with van der Waals surface area (Å²) in [6, 6.07) is 0. The third kappa shape index (κ3) is 5.98. The number of hydrogen-bond acceptors (Lipinski definition) is 6. The second kappa shape index (κ2) is 10.6. The molecule has 0 aromatic carbocycles. The highest BCUT2D eigenvalue weighted by Crippen LogP contribution is 2.33. The van der Waals surface area contributed by atoms with Gasteiger partial charge < -0.3 is 10.2 Å². The number of imidazole rings is 1. The van der Waals surface area contributed by atoms with E-state index in [0.717, 1.165) is 49.4 Å². The molecule has 0 aliphatic carbocycles. The van der Waals surface area contributed by atoms with E-state index in [0.29, 0.717) is 19.6 Å². The summed E-state index contributed by atoms with van der Waals surface area (Å²) in [5.74, 6) is 1.28. The first-order valence-electron chi connectivity index (χ1n) is 11.5. The zero-order valence-corrected chi connectivity index (χ0v) is 20.4. The van der Waals surface area contributed by atoms with Crippen LogP contribution in [0.25, 0.3) is 5.65 Å². The number of nitrogens with zero attached hydrogens (tertiary/aromatic N) is 5. The van der Waals surface area contributed by atoms with Gasteiger partial charge in [-0.15, -0.1) is 0 Å². The Balaban J connectivity index is 1.68. The van der Waals surface area contributed by atoms with Crippen molar-refractivity contribution in [3.8, 4) is 0 Å². The van der Waals surface area contributed by atoms with Gasteiger partial charge in [-0.2, -0.15) is 4.31 Å². The lowest BCUT2D eigenvalue weighted by Gasteiger charge is -2.33. The normalized spacial score (nSPS) is 15.8. The van der Waals surface area contributed by atoms with Crippen LogP contribution in [0.4, 0.5) is 5.82 Å². The average molecular weight is 465 g/mol. The molecule has 1 saturated heterocycles. The van der Waals surface area contributed by atoms with E-state index in [9.17, 15) is 13.2 Å². The Morgan fingerprint density at radius 3 is 2.66 bits per heavy atom. The van der Waals surface area contributed by atoms with Crippen molar-refractivity contribution in [2.45, 2.75) is 52.4 Å². The average Bonchev–Trinajstić information content (AvgIpc) is 3.11.